The summed E-state index contributed by atoms with van der Waals surface area (Å²) in [7, 11) is 0. The van der Waals surface area contributed by atoms with Crippen molar-refractivity contribution in [3.05, 3.63) is 30.1 Å². The lowest BCUT2D eigenvalue weighted by Gasteiger charge is -2.39. The third kappa shape index (κ3) is 3.68. The molecule has 1 atom stereocenters. The first-order valence-corrected chi connectivity index (χ1v) is 6.84. The molecule has 1 aliphatic rings. The van der Waals surface area contributed by atoms with E-state index in [1.54, 1.807) is 12.1 Å². The lowest BCUT2D eigenvalue weighted by molar-refractivity contribution is -0.122. The van der Waals surface area contributed by atoms with Gasteiger partial charge in [0.05, 0.1) is 0 Å². The van der Waals surface area contributed by atoms with Crippen molar-refractivity contribution in [2.24, 2.45) is 5.84 Å². The number of amides is 1. The normalized spacial score (nSPS) is 17.9. The minimum Gasteiger partial charge on any atom is -0.369 e. The number of carbonyl (C=O) groups excluding carboxylic acids is 1. The van der Waals surface area contributed by atoms with E-state index < -0.39 is 0 Å². The molecule has 20 heavy (non-hydrogen) atoms. The second-order valence-electron chi connectivity index (χ2n) is 5.12. The van der Waals surface area contributed by atoms with Gasteiger partial charge in [0.25, 0.3) is 0 Å². The van der Waals surface area contributed by atoms with E-state index >= 15 is 0 Å². The van der Waals surface area contributed by atoms with Crippen molar-refractivity contribution >= 4 is 11.6 Å². The number of carbonyl (C=O) groups is 1. The number of nitrogens with two attached hydrogens (primary N) is 1. The van der Waals surface area contributed by atoms with Crippen molar-refractivity contribution in [1.29, 1.82) is 0 Å². The van der Waals surface area contributed by atoms with Crippen molar-refractivity contribution < 1.29 is 9.18 Å². The summed E-state index contributed by atoms with van der Waals surface area (Å²) >= 11 is 0. The fourth-order valence-electron chi connectivity index (χ4n) is 2.53. The van der Waals surface area contributed by atoms with Gasteiger partial charge in [-0.15, -0.1) is 0 Å². The van der Waals surface area contributed by atoms with Crippen LogP contribution in [0.25, 0.3) is 0 Å². The topological polar surface area (TPSA) is 61.6 Å². The molecule has 0 aliphatic carbocycles. The van der Waals surface area contributed by atoms with Crippen molar-refractivity contribution in [2.75, 3.05) is 31.1 Å². The molecule has 0 aromatic heterocycles. The highest BCUT2D eigenvalue weighted by atomic mass is 19.1. The van der Waals surface area contributed by atoms with Gasteiger partial charge in [0, 0.05) is 44.3 Å². The van der Waals surface area contributed by atoms with Crippen LogP contribution in [0, 0.1) is 5.82 Å². The Balaban J connectivity index is 1.85. The zero-order chi connectivity index (χ0) is 14.5. The molecule has 1 unspecified atom stereocenters. The molecular weight excluding hydrogens is 259 g/mol. The average Bonchev–Trinajstić information content (AvgIpc) is 2.48. The van der Waals surface area contributed by atoms with Crippen molar-refractivity contribution in [2.45, 2.75) is 19.4 Å². The fourth-order valence-corrected chi connectivity index (χ4v) is 2.53. The van der Waals surface area contributed by atoms with Crippen LogP contribution in [0.5, 0.6) is 0 Å². The average molecular weight is 280 g/mol. The molecule has 1 aromatic rings. The van der Waals surface area contributed by atoms with E-state index in [1.807, 2.05) is 6.92 Å². The molecule has 1 aliphatic heterocycles. The predicted octanol–water partition coefficient (Wildman–Crippen LogP) is 0.716. The first kappa shape index (κ1) is 14.7. The van der Waals surface area contributed by atoms with Gasteiger partial charge in [-0.05, 0) is 31.2 Å². The number of rotatable bonds is 4. The van der Waals surface area contributed by atoms with Crippen LogP contribution in [-0.4, -0.2) is 43.0 Å². The summed E-state index contributed by atoms with van der Waals surface area (Å²) in [4.78, 5) is 15.8. The Morgan fingerprint density at radius 3 is 2.45 bits per heavy atom. The van der Waals surface area contributed by atoms with Gasteiger partial charge < -0.3 is 4.90 Å². The van der Waals surface area contributed by atoms with E-state index in [1.165, 1.54) is 12.1 Å². The number of anilines is 1. The molecular formula is C14H21FN4O. The van der Waals surface area contributed by atoms with Gasteiger partial charge in [-0.3, -0.25) is 15.1 Å². The van der Waals surface area contributed by atoms with Gasteiger partial charge >= 0.3 is 0 Å². The maximum Gasteiger partial charge on any atom is 0.235 e. The Labute approximate surface area is 118 Å². The predicted molar refractivity (Wildman–Crippen MR) is 76.6 cm³/mol. The molecule has 1 saturated heterocycles. The highest BCUT2D eigenvalue weighted by Gasteiger charge is 2.22. The number of piperazine rings is 1. The van der Waals surface area contributed by atoms with Crippen LogP contribution in [0.2, 0.25) is 0 Å². The smallest absolute Gasteiger partial charge is 0.235 e. The fraction of sp³-hybridized carbons (Fsp3) is 0.500. The third-order valence-corrected chi connectivity index (χ3v) is 3.77. The molecule has 0 spiro atoms. The van der Waals surface area contributed by atoms with Crippen LogP contribution in [0.4, 0.5) is 10.1 Å². The molecule has 3 N–H and O–H groups in total. The van der Waals surface area contributed by atoms with Gasteiger partial charge in [0.2, 0.25) is 5.91 Å². The maximum atomic E-state index is 12.9. The SMILES string of the molecule is CC(CC(=O)NN)N1CCN(c2ccc(F)cc2)CC1. The highest BCUT2D eigenvalue weighted by Crippen LogP contribution is 2.18. The first-order chi connectivity index (χ1) is 9.60. The maximum absolute atomic E-state index is 12.9. The molecule has 1 heterocycles. The second kappa shape index (κ2) is 6.67. The monoisotopic (exact) mass is 280 g/mol. The zero-order valence-electron chi connectivity index (χ0n) is 11.7. The molecule has 1 amide bonds. The summed E-state index contributed by atoms with van der Waals surface area (Å²) in [5.74, 6) is 4.75. The molecule has 1 aromatic carbocycles. The van der Waals surface area contributed by atoms with E-state index in [4.69, 9.17) is 5.84 Å². The number of benzene rings is 1. The van der Waals surface area contributed by atoms with Crippen molar-refractivity contribution in [3.63, 3.8) is 0 Å². The Morgan fingerprint density at radius 1 is 1.30 bits per heavy atom. The van der Waals surface area contributed by atoms with Gasteiger partial charge in [0.1, 0.15) is 5.82 Å². The Hall–Kier alpha value is -1.66. The Morgan fingerprint density at radius 2 is 1.90 bits per heavy atom. The van der Waals surface area contributed by atoms with Crippen molar-refractivity contribution in [3.8, 4) is 0 Å². The lowest BCUT2D eigenvalue weighted by Crippen LogP contribution is -2.50. The van der Waals surface area contributed by atoms with Gasteiger partial charge in [0.15, 0.2) is 0 Å². The van der Waals surface area contributed by atoms with Crippen LogP contribution < -0.4 is 16.2 Å². The molecule has 1 fully saturated rings. The molecule has 0 radical (unpaired) electrons. The molecule has 0 bridgehead atoms. The lowest BCUT2D eigenvalue weighted by atomic mass is 10.1. The first-order valence-electron chi connectivity index (χ1n) is 6.84. The number of nitrogens with one attached hydrogen (secondary N) is 1. The summed E-state index contributed by atoms with van der Waals surface area (Å²) < 4.78 is 12.9. The van der Waals surface area contributed by atoms with E-state index in [2.05, 4.69) is 15.2 Å². The summed E-state index contributed by atoms with van der Waals surface area (Å²) in [6.07, 6.45) is 0.410. The van der Waals surface area contributed by atoms with Crippen LogP contribution >= 0.6 is 0 Å². The molecule has 0 saturated carbocycles. The van der Waals surface area contributed by atoms with Gasteiger partial charge in [-0.2, -0.15) is 0 Å². The van der Waals surface area contributed by atoms with Crippen molar-refractivity contribution in [1.82, 2.24) is 10.3 Å². The highest BCUT2D eigenvalue weighted by molar-refractivity contribution is 5.75. The quantitative estimate of drug-likeness (QED) is 0.484. The van der Waals surface area contributed by atoms with E-state index in [0.717, 1.165) is 31.9 Å². The molecule has 6 heteroatoms. The molecule has 5 nitrogen and oxygen atoms in total. The largest absolute Gasteiger partial charge is 0.369 e. The second-order valence-corrected chi connectivity index (χ2v) is 5.12. The standard InChI is InChI=1S/C14H21FN4O/c1-11(10-14(20)17-16)18-6-8-19(9-7-18)13-4-2-12(15)3-5-13/h2-5,11H,6-10,16H2,1H3,(H,17,20). The zero-order valence-corrected chi connectivity index (χ0v) is 11.7. The third-order valence-electron chi connectivity index (χ3n) is 3.77. The van der Waals surface area contributed by atoms with Crippen LogP contribution in [-0.2, 0) is 4.79 Å². The number of nitrogens with zero attached hydrogens (tertiary/aromatic N) is 2. The van der Waals surface area contributed by atoms with E-state index in [0.29, 0.717) is 6.42 Å². The van der Waals surface area contributed by atoms with Gasteiger partial charge in [-0.1, -0.05) is 0 Å². The van der Waals surface area contributed by atoms with E-state index in [9.17, 15) is 9.18 Å². The summed E-state index contributed by atoms with van der Waals surface area (Å²) in [5.41, 5.74) is 3.20. The minimum absolute atomic E-state index is 0.140. The summed E-state index contributed by atoms with van der Waals surface area (Å²) in [5, 5.41) is 0. The van der Waals surface area contributed by atoms with Crippen LogP contribution in [0.1, 0.15) is 13.3 Å². The number of hydrogen-bond acceptors (Lipinski definition) is 4. The number of hydrogen-bond donors (Lipinski definition) is 2. The van der Waals surface area contributed by atoms with Crippen LogP contribution in [0.3, 0.4) is 0 Å². The van der Waals surface area contributed by atoms with E-state index in [-0.39, 0.29) is 17.8 Å². The van der Waals surface area contributed by atoms with Crippen LogP contribution in [0.15, 0.2) is 24.3 Å². The number of halogens is 1. The Kier molecular flexibility index (Phi) is 4.92. The number of hydrazine groups is 1. The van der Waals surface area contributed by atoms with Gasteiger partial charge in [-0.25, -0.2) is 10.2 Å². The molecule has 110 valence electrons. The Bertz CT molecular complexity index is 443. The molecule has 2 rings (SSSR count). The summed E-state index contributed by atoms with van der Waals surface area (Å²) in [6, 6.07) is 6.74. The summed E-state index contributed by atoms with van der Waals surface area (Å²) in [6.45, 7) is 5.55. The minimum atomic E-state index is -0.214.